The van der Waals surface area contributed by atoms with E-state index in [-0.39, 0.29) is 17.9 Å². The van der Waals surface area contributed by atoms with E-state index in [1.807, 2.05) is 19.1 Å². The second-order valence-corrected chi connectivity index (χ2v) is 5.67. The summed E-state index contributed by atoms with van der Waals surface area (Å²) in [5.74, 6) is -0.205. The van der Waals surface area contributed by atoms with Gasteiger partial charge in [0.1, 0.15) is 11.8 Å². The van der Waals surface area contributed by atoms with Crippen molar-refractivity contribution in [3.63, 3.8) is 0 Å². The van der Waals surface area contributed by atoms with E-state index in [1.165, 1.54) is 12.1 Å². The van der Waals surface area contributed by atoms with E-state index in [0.717, 1.165) is 11.6 Å². The van der Waals surface area contributed by atoms with Crippen LogP contribution < -0.4 is 4.74 Å². The number of aryl methyl sites for hydroxylation is 1. The first-order valence-electron chi connectivity index (χ1n) is 7.40. The molecular weight excluding hydrogens is 321 g/mol. The molecule has 0 N–H and O–H groups in total. The molecule has 1 aromatic carbocycles. The molecule has 126 valence electrons. The largest absolute Gasteiger partial charge is 0.471 e. The van der Waals surface area contributed by atoms with E-state index < -0.39 is 11.9 Å². The summed E-state index contributed by atoms with van der Waals surface area (Å²) in [7, 11) is 0. The lowest BCUT2D eigenvalue weighted by molar-refractivity contribution is -0.141. The average molecular weight is 336 g/mol. The predicted molar refractivity (Wildman–Crippen MR) is 80.7 cm³/mol. The van der Waals surface area contributed by atoms with Gasteiger partial charge in [0.2, 0.25) is 5.88 Å². The molecule has 0 atom stereocenters. The molecule has 7 heteroatoms. The van der Waals surface area contributed by atoms with Crippen LogP contribution in [0, 0.1) is 6.92 Å². The van der Waals surface area contributed by atoms with Gasteiger partial charge in [-0.05, 0) is 25.1 Å². The van der Waals surface area contributed by atoms with Gasteiger partial charge < -0.3 is 9.64 Å². The number of rotatable bonds is 3. The summed E-state index contributed by atoms with van der Waals surface area (Å²) in [5.41, 5.74) is 0.648. The van der Waals surface area contributed by atoms with Crippen LogP contribution >= 0.6 is 0 Å². The normalized spacial score (nSPS) is 15.1. The fourth-order valence-corrected chi connectivity index (χ4v) is 2.37. The Bertz CT molecular complexity index is 738. The molecule has 0 unspecified atom stereocenters. The van der Waals surface area contributed by atoms with Gasteiger partial charge in [0.25, 0.3) is 5.91 Å². The Morgan fingerprint density at radius 3 is 2.46 bits per heavy atom. The number of hydrogen-bond donors (Lipinski definition) is 0. The number of aromatic nitrogens is 1. The third kappa shape index (κ3) is 3.50. The molecule has 0 spiro atoms. The highest BCUT2D eigenvalue weighted by Crippen LogP contribution is 2.29. The first kappa shape index (κ1) is 16.3. The van der Waals surface area contributed by atoms with Gasteiger partial charge >= 0.3 is 6.18 Å². The number of carbonyl (C=O) groups excluding carboxylic acids is 1. The Hall–Kier alpha value is -2.57. The van der Waals surface area contributed by atoms with Crippen LogP contribution in [0.2, 0.25) is 0 Å². The molecule has 0 radical (unpaired) electrons. The fourth-order valence-electron chi connectivity index (χ4n) is 2.37. The molecule has 2 aromatic rings. The minimum atomic E-state index is -4.51. The zero-order chi connectivity index (χ0) is 17.3. The standard InChI is InChI=1S/C17H15F3N2O2/c1-11-5-7-12(8-6-11)16(23)22-9-13(10-22)24-15-4-2-3-14(21-15)17(18,19)20/h2-8,13H,9-10H2,1H3. The summed E-state index contributed by atoms with van der Waals surface area (Å²) >= 11 is 0. The van der Waals surface area contributed by atoms with E-state index in [4.69, 9.17) is 4.74 Å². The number of halogens is 3. The molecule has 1 fully saturated rings. The Balaban J connectivity index is 1.57. The average Bonchev–Trinajstić information content (AvgIpc) is 2.50. The van der Waals surface area contributed by atoms with Crippen molar-refractivity contribution in [1.82, 2.24) is 9.88 Å². The topological polar surface area (TPSA) is 42.4 Å². The van der Waals surface area contributed by atoms with Crippen LogP contribution in [0.5, 0.6) is 5.88 Å². The SMILES string of the molecule is Cc1ccc(C(=O)N2CC(Oc3cccc(C(F)(F)F)n3)C2)cc1. The number of benzene rings is 1. The lowest BCUT2D eigenvalue weighted by Gasteiger charge is -2.38. The monoisotopic (exact) mass is 336 g/mol. The second kappa shape index (κ2) is 6.14. The highest BCUT2D eigenvalue weighted by atomic mass is 19.4. The molecule has 4 nitrogen and oxygen atoms in total. The molecule has 1 aliphatic heterocycles. The van der Waals surface area contributed by atoms with Gasteiger partial charge in [-0.15, -0.1) is 0 Å². The Kier molecular flexibility index (Phi) is 4.17. The molecule has 0 saturated carbocycles. The number of pyridine rings is 1. The van der Waals surface area contributed by atoms with E-state index >= 15 is 0 Å². The van der Waals surface area contributed by atoms with Crippen LogP contribution in [0.25, 0.3) is 0 Å². The molecule has 0 aliphatic carbocycles. The smallest absolute Gasteiger partial charge is 0.433 e. The van der Waals surface area contributed by atoms with Crippen LogP contribution in [0.4, 0.5) is 13.2 Å². The zero-order valence-corrected chi connectivity index (χ0v) is 12.9. The molecule has 1 aromatic heterocycles. The molecule has 1 amide bonds. The first-order chi connectivity index (χ1) is 11.3. The summed E-state index contributed by atoms with van der Waals surface area (Å²) in [6.07, 6.45) is -4.86. The van der Waals surface area contributed by atoms with E-state index in [1.54, 1.807) is 17.0 Å². The maximum atomic E-state index is 12.6. The third-order valence-electron chi connectivity index (χ3n) is 3.74. The van der Waals surface area contributed by atoms with Crippen molar-refractivity contribution in [3.8, 4) is 5.88 Å². The first-order valence-corrected chi connectivity index (χ1v) is 7.40. The maximum Gasteiger partial charge on any atom is 0.433 e. The van der Waals surface area contributed by atoms with Crippen LogP contribution in [0.15, 0.2) is 42.5 Å². The fraction of sp³-hybridized carbons (Fsp3) is 0.294. The van der Waals surface area contributed by atoms with Crippen molar-refractivity contribution < 1.29 is 22.7 Å². The minimum Gasteiger partial charge on any atom is -0.471 e. The molecule has 2 heterocycles. The number of nitrogens with zero attached hydrogens (tertiary/aromatic N) is 2. The number of carbonyl (C=O) groups is 1. The third-order valence-corrected chi connectivity index (χ3v) is 3.74. The van der Waals surface area contributed by atoms with Crippen molar-refractivity contribution in [3.05, 3.63) is 59.3 Å². The Morgan fingerprint density at radius 2 is 1.83 bits per heavy atom. The Morgan fingerprint density at radius 1 is 1.17 bits per heavy atom. The molecule has 1 saturated heterocycles. The van der Waals surface area contributed by atoms with Crippen LogP contribution in [0.1, 0.15) is 21.6 Å². The van der Waals surface area contributed by atoms with Gasteiger partial charge in [-0.3, -0.25) is 4.79 Å². The minimum absolute atomic E-state index is 0.0859. The van der Waals surface area contributed by atoms with Crippen molar-refractivity contribution >= 4 is 5.91 Å². The van der Waals surface area contributed by atoms with Crippen LogP contribution in [-0.2, 0) is 6.18 Å². The van der Waals surface area contributed by atoms with E-state index in [2.05, 4.69) is 4.98 Å². The molecule has 3 rings (SSSR count). The van der Waals surface area contributed by atoms with Gasteiger partial charge in [0.05, 0.1) is 13.1 Å². The highest BCUT2D eigenvalue weighted by Gasteiger charge is 2.35. The van der Waals surface area contributed by atoms with Crippen molar-refractivity contribution in [2.45, 2.75) is 19.2 Å². The Labute approximate surface area is 136 Å². The summed E-state index contributed by atoms with van der Waals surface area (Å²) in [6, 6.07) is 10.7. The number of hydrogen-bond acceptors (Lipinski definition) is 3. The summed E-state index contributed by atoms with van der Waals surface area (Å²) in [6.45, 7) is 2.58. The second-order valence-electron chi connectivity index (χ2n) is 5.67. The quantitative estimate of drug-likeness (QED) is 0.864. The van der Waals surface area contributed by atoms with E-state index in [0.29, 0.717) is 18.7 Å². The van der Waals surface area contributed by atoms with Gasteiger partial charge in [-0.25, -0.2) is 4.98 Å². The zero-order valence-electron chi connectivity index (χ0n) is 12.9. The van der Waals surface area contributed by atoms with Crippen LogP contribution in [0.3, 0.4) is 0 Å². The number of alkyl halides is 3. The van der Waals surface area contributed by atoms with Crippen molar-refractivity contribution in [1.29, 1.82) is 0 Å². The molecular formula is C17H15F3N2O2. The molecule has 1 aliphatic rings. The molecule has 24 heavy (non-hydrogen) atoms. The van der Waals surface area contributed by atoms with Gasteiger partial charge in [-0.1, -0.05) is 23.8 Å². The number of ether oxygens (including phenoxy) is 1. The van der Waals surface area contributed by atoms with E-state index in [9.17, 15) is 18.0 Å². The van der Waals surface area contributed by atoms with Gasteiger partial charge in [0.15, 0.2) is 0 Å². The van der Waals surface area contributed by atoms with Gasteiger partial charge in [-0.2, -0.15) is 13.2 Å². The molecule has 0 bridgehead atoms. The van der Waals surface area contributed by atoms with Crippen LogP contribution in [-0.4, -0.2) is 35.0 Å². The number of likely N-dealkylation sites (tertiary alicyclic amines) is 1. The predicted octanol–water partition coefficient (Wildman–Crippen LogP) is 3.31. The van der Waals surface area contributed by atoms with Crippen molar-refractivity contribution in [2.24, 2.45) is 0 Å². The lowest BCUT2D eigenvalue weighted by atomic mass is 10.1. The summed E-state index contributed by atoms with van der Waals surface area (Å²) in [4.78, 5) is 17.3. The highest BCUT2D eigenvalue weighted by molar-refractivity contribution is 5.94. The lowest BCUT2D eigenvalue weighted by Crippen LogP contribution is -2.56. The summed E-state index contributed by atoms with van der Waals surface area (Å²) in [5, 5.41) is 0. The van der Waals surface area contributed by atoms with Gasteiger partial charge in [0, 0.05) is 11.6 Å². The maximum absolute atomic E-state index is 12.6. The van der Waals surface area contributed by atoms with Crippen molar-refractivity contribution in [2.75, 3.05) is 13.1 Å². The summed E-state index contributed by atoms with van der Waals surface area (Å²) < 4.78 is 43.3. The number of amides is 1.